The molecule has 0 amide bonds. The van der Waals surface area contributed by atoms with Crippen LogP contribution < -0.4 is 0 Å². The topological polar surface area (TPSA) is 80.7 Å². The lowest BCUT2D eigenvalue weighted by Crippen LogP contribution is -2.14. The summed E-state index contributed by atoms with van der Waals surface area (Å²) in [5, 5.41) is 0. The summed E-state index contributed by atoms with van der Waals surface area (Å²) in [7, 11) is -4.09. The molecule has 1 N–H and O–H groups in total. The Labute approximate surface area is 107 Å². The highest BCUT2D eigenvalue weighted by atomic mass is 32.2. The van der Waals surface area contributed by atoms with E-state index in [-0.39, 0.29) is 6.61 Å². The van der Waals surface area contributed by atoms with Crippen LogP contribution in [-0.4, -0.2) is 31.3 Å². The van der Waals surface area contributed by atoms with Crippen molar-refractivity contribution in [3.8, 4) is 0 Å². The fourth-order valence-corrected chi connectivity index (χ4v) is 1.71. The average molecular weight is 272 g/mol. The van der Waals surface area contributed by atoms with Gasteiger partial charge in [0.1, 0.15) is 12.4 Å². The Morgan fingerprint density at radius 2 is 1.89 bits per heavy atom. The quantitative estimate of drug-likeness (QED) is 0.629. The predicted molar refractivity (Wildman–Crippen MR) is 67.1 cm³/mol. The van der Waals surface area contributed by atoms with E-state index < -0.39 is 21.8 Å². The summed E-state index contributed by atoms with van der Waals surface area (Å²) in [6, 6.07) is 6.95. The van der Waals surface area contributed by atoms with Gasteiger partial charge in [-0.2, -0.15) is 8.42 Å². The summed E-state index contributed by atoms with van der Waals surface area (Å²) < 4.78 is 34.1. The highest BCUT2D eigenvalue weighted by Crippen LogP contribution is 2.08. The molecule has 0 atom stereocenters. The van der Waals surface area contributed by atoms with E-state index in [0.29, 0.717) is 5.56 Å². The van der Waals surface area contributed by atoms with E-state index in [1.807, 2.05) is 12.1 Å². The number of carbonyl (C=O) groups is 1. The summed E-state index contributed by atoms with van der Waals surface area (Å²) in [5.41, 5.74) is 1.50. The minimum Gasteiger partial charge on any atom is -0.461 e. The Kier molecular flexibility index (Phi) is 5.30. The molecule has 1 rings (SSSR count). The van der Waals surface area contributed by atoms with Gasteiger partial charge in [-0.15, -0.1) is 0 Å². The van der Waals surface area contributed by atoms with Gasteiger partial charge in [0.05, 0.1) is 5.56 Å². The van der Waals surface area contributed by atoms with Crippen LogP contribution in [0.1, 0.15) is 29.3 Å². The third-order valence-electron chi connectivity index (χ3n) is 2.30. The van der Waals surface area contributed by atoms with E-state index in [0.717, 1.165) is 18.4 Å². The molecule has 0 bridgehead atoms. The first-order chi connectivity index (χ1) is 8.42. The van der Waals surface area contributed by atoms with Crippen molar-refractivity contribution in [2.24, 2.45) is 0 Å². The molecular weight excluding hydrogens is 256 g/mol. The number of esters is 1. The van der Waals surface area contributed by atoms with Crippen molar-refractivity contribution in [3.63, 3.8) is 0 Å². The number of benzene rings is 1. The SMILES string of the molecule is CCCc1ccc(C(=O)OCCS(=O)(=O)O)cc1. The maximum Gasteiger partial charge on any atom is 0.338 e. The van der Waals surface area contributed by atoms with Gasteiger partial charge in [-0.25, -0.2) is 4.79 Å². The Morgan fingerprint density at radius 3 is 2.39 bits per heavy atom. The molecule has 100 valence electrons. The molecule has 6 heteroatoms. The first-order valence-corrected chi connectivity index (χ1v) is 7.24. The van der Waals surface area contributed by atoms with E-state index >= 15 is 0 Å². The molecular formula is C12H16O5S. The van der Waals surface area contributed by atoms with Crippen molar-refractivity contribution in [3.05, 3.63) is 35.4 Å². The zero-order valence-corrected chi connectivity index (χ0v) is 10.9. The lowest BCUT2D eigenvalue weighted by atomic mass is 10.1. The molecule has 18 heavy (non-hydrogen) atoms. The van der Waals surface area contributed by atoms with Crippen molar-refractivity contribution >= 4 is 16.1 Å². The molecule has 0 saturated carbocycles. The van der Waals surface area contributed by atoms with Gasteiger partial charge in [-0.1, -0.05) is 25.5 Å². The molecule has 0 aliphatic carbocycles. The highest BCUT2D eigenvalue weighted by molar-refractivity contribution is 7.85. The number of hydrogen-bond acceptors (Lipinski definition) is 4. The van der Waals surface area contributed by atoms with Crippen LogP contribution in [0.3, 0.4) is 0 Å². The average Bonchev–Trinajstić information content (AvgIpc) is 2.28. The molecule has 0 saturated heterocycles. The van der Waals surface area contributed by atoms with Crippen LogP contribution in [0.15, 0.2) is 24.3 Å². The Morgan fingerprint density at radius 1 is 1.28 bits per heavy atom. The van der Waals surface area contributed by atoms with E-state index in [1.165, 1.54) is 0 Å². The van der Waals surface area contributed by atoms with Gasteiger partial charge < -0.3 is 4.74 Å². The minimum atomic E-state index is -4.09. The van der Waals surface area contributed by atoms with Crippen LogP contribution in [0, 0.1) is 0 Å². The summed E-state index contributed by atoms with van der Waals surface area (Å²) in [6.45, 7) is 1.71. The maximum absolute atomic E-state index is 11.5. The van der Waals surface area contributed by atoms with Gasteiger partial charge in [-0.3, -0.25) is 4.55 Å². The monoisotopic (exact) mass is 272 g/mol. The molecule has 0 fully saturated rings. The van der Waals surface area contributed by atoms with Gasteiger partial charge in [-0.05, 0) is 24.1 Å². The second-order valence-electron chi connectivity index (χ2n) is 3.87. The first kappa shape index (κ1) is 14.7. The Hall–Kier alpha value is -1.40. The van der Waals surface area contributed by atoms with E-state index in [1.54, 1.807) is 12.1 Å². The molecule has 0 unspecified atom stereocenters. The van der Waals surface area contributed by atoms with Crippen LogP contribution in [0.25, 0.3) is 0 Å². The number of rotatable bonds is 6. The summed E-state index contributed by atoms with van der Waals surface area (Å²) >= 11 is 0. The smallest absolute Gasteiger partial charge is 0.338 e. The van der Waals surface area contributed by atoms with E-state index in [4.69, 9.17) is 9.29 Å². The summed E-state index contributed by atoms with van der Waals surface area (Å²) in [4.78, 5) is 11.5. The van der Waals surface area contributed by atoms with Crippen LogP contribution in [0.4, 0.5) is 0 Å². The molecule has 0 aromatic heterocycles. The molecule has 0 heterocycles. The highest BCUT2D eigenvalue weighted by Gasteiger charge is 2.10. The van der Waals surface area contributed by atoms with Crippen LogP contribution in [-0.2, 0) is 21.3 Å². The first-order valence-electron chi connectivity index (χ1n) is 5.63. The van der Waals surface area contributed by atoms with Crippen molar-refractivity contribution < 1.29 is 22.5 Å². The van der Waals surface area contributed by atoms with Gasteiger partial charge in [0, 0.05) is 0 Å². The third-order valence-corrected chi connectivity index (χ3v) is 2.99. The van der Waals surface area contributed by atoms with Crippen molar-refractivity contribution in [1.82, 2.24) is 0 Å². The molecule has 0 spiro atoms. The minimum absolute atomic E-state index is 0.353. The van der Waals surface area contributed by atoms with Gasteiger partial charge in [0.15, 0.2) is 0 Å². The van der Waals surface area contributed by atoms with Crippen molar-refractivity contribution in [1.29, 1.82) is 0 Å². The second kappa shape index (κ2) is 6.51. The van der Waals surface area contributed by atoms with Crippen LogP contribution in [0.5, 0.6) is 0 Å². The van der Waals surface area contributed by atoms with Gasteiger partial charge in [0.2, 0.25) is 0 Å². The molecule has 5 nitrogen and oxygen atoms in total. The van der Waals surface area contributed by atoms with Crippen molar-refractivity contribution in [2.45, 2.75) is 19.8 Å². The predicted octanol–water partition coefficient (Wildman–Crippen LogP) is 1.68. The largest absolute Gasteiger partial charge is 0.461 e. The summed E-state index contributed by atoms with van der Waals surface area (Å²) in [6.07, 6.45) is 1.97. The van der Waals surface area contributed by atoms with Crippen LogP contribution in [0.2, 0.25) is 0 Å². The Balaban J connectivity index is 2.51. The van der Waals surface area contributed by atoms with E-state index in [2.05, 4.69) is 6.92 Å². The molecule has 1 aromatic rings. The lowest BCUT2D eigenvalue weighted by molar-refractivity contribution is 0.0528. The number of aryl methyl sites for hydroxylation is 1. The van der Waals surface area contributed by atoms with E-state index in [9.17, 15) is 13.2 Å². The fraction of sp³-hybridized carbons (Fsp3) is 0.417. The fourth-order valence-electron chi connectivity index (χ4n) is 1.42. The van der Waals surface area contributed by atoms with Crippen molar-refractivity contribution in [2.75, 3.05) is 12.4 Å². The number of hydrogen-bond donors (Lipinski definition) is 1. The van der Waals surface area contributed by atoms with Crippen LogP contribution >= 0.6 is 0 Å². The summed E-state index contributed by atoms with van der Waals surface area (Å²) in [5.74, 6) is -1.19. The zero-order chi connectivity index (χ0) is 13.6. The second-order valence-corrected chi connectivity index (χ2v) is 5.44. The third kappa shape index (κ3) is 5.29. The Bertz CT molecular complexity index is 490. The molecule has 1 aromatic carbocycles. The van der Waals surface area contributed by atoms with Gasteiger partial charge >= 0.3 is 5.97 Å². The number of ether oxygens (including phenoxy) is 1. The van der Waals surface area contributed by atoms with Gasteiger partial charge in [0.25, 0.3) is 10.1 Å². The lowest BCUT2D eigenvalue weighted by Gasteiger charge is -2.04. The molecule has 0 radical (unpaired) electrons. The molecule has 0 aliphatic heterocycles. The normalized spacial score (nSPS) is 11.2. The molecule has 0 aliphatic rings. The maximum atomic E-state index is 11.5. The zero-order valence-electron chi connectivity index (χ0n) is 10.1. The standard InChI is InChI=1S/C12H16O5S/c1-2-3-10-4-6-11(7-5-10)12(13)17-8-9-18(14,15)16/h4-7H,2-3,8-9H2,1H3,(H,14,15,16). The number of carbonyl (C=O) groups excluding carboxylic acids is 1.